The zero-order chi connectivity index (χ0) is 21.2. The molecule has 4 nitrogen and oxygen atoms in total. The van der Waals surface area contributed by atoms with Crippen molar-refractivity contribution in [1.29, 1.82) is 0 Å². The smallest absolute Gasteiger partial charge is 0.227 e. The number of hydrogen-bond acceptors (Lipinski definition) is 1. The number of carbonyl (C=O) groups excluding carboxylic acids is 1. The topological polar surface area (TPSA) is 51.9 Å². The highest BCUT2D eigenvalue weighted by molar-refractivity contribution is 6.30. The molecule has 2 heterocycles. The standard InChI is InChI=1S/C26H22ClN3O/c27-21-9-7-18(8-10-21)15-26(31)30(16-19-3-1-5-24-22(19)11-13-28-24)17-20-4-2-6-25-23(20)12-14-29-25/h1-14,28-29H,15-17H2. The Balaban J connectivity index is 1.48. The molecule has 5 aromatic rings. The van der Waals surface area contributed by atoms with Crippen molar-refractivity contribution in [3.05, 3.63) is 107 Å². The maximum atomic E-state index is 13.4. The lowest BCUT2D eigenvalue weighted by molar-refractivity contribution is -0.131. The number of aromatic nitrogens is 2. The molecule has 0 spiro atoms. The van der Waals surface area contributed by atoms with Gasteiger partial charge in [-0.05, 0) is 53.1 Å². The maximum absolute atomic E-state index is 13.4. The van der Waals surface area contributed by atoms with E-state index in [1.807, 2.05) is 53.7 Å². The number of aromatic amines is 2. The Kier molecular flexibility index (Phi) is 5.23. The zero-order valence-corrected chi connectivity index (χ0v) is 17.7. The summed E-state index contributed by atoms with van der Waals surface area (Å²) in [5.41, 5.74) is 5.37. The van der Waals surface area contributed by atoms with Gasteiger partial charge in [0.05, 0.1) is 6.42 Å². The van der Waals surface area contributed by atoms with Gasteiger partial charge in [-0.1, -0.05) is 48.0 Å². The molecule has 0 bridgehead atoms. The van der Waals surface area contributed by atoms with Crippen molar-refractivity contribution in [2.75, 3.05) is 0 Å². The Morgan fingerprint density at radius 1 is 0.742 bits per heavy atom. The molecule has 0 atom stereocenters. The van der Waals surface area contributed by atoms with Gasteiger partial charge in [-0.25, -0.2) is 0 Å². The van der Waals surface area contributed by atoms with Crippen molar-refractivity contribution in [2.24, 2.45) is 0 Å². The second-order valence-corrected chi connectivity index (χ2v) is 8.20. The first-order valence-electron chi connectivity index (χ1n) is 10.3. The molecule has 0 saturated carbocycles. The van der Waals surface area contributed by atoms with Crippen LogP contribution in [0.5, 0.6) is 0 Å². The molecule has 0 unspecified atom stereocenters. The summed E-state index contributed by atoms with van der Waals surface area (Å²) in [4.78, 5) is 21.9. The van der Waals surface area contributed by atoms with E-state index in [0.717, 1.165) is 38.5 Å². The fraction of sp³-hybridized carbons (Fsp3) is 0.115. The summed E-state index contributed by atoms with van der Waals surface area (Å²) >= 11 is 6.01. The predicted molar refractivity (Wildman–Crippen MR) is 126 cm³/mol. The van der Waals surface area contributed by atoms with Gasteiger partial charge in [0.15, 0.2) is 0 Å². The van der Waals surface area contributed by atoms with Gasteiger partial charge in [0.25, 0.3) is 0 Å². The number of H-pyrrole nitrogens is 2. The fourth-order valence-electron chi connectivity index (χ4n) is 4.11. The van der Waals surface area contributed by atoms with Crippen LogP contribution in [0.15, 0.2) is 85.2 Å². The van der Waals surface area contributed by atoms with Crippen LogP contribution in [-0.4, -0.2) is 20.8 Å². The highest BCUT2D eigenvalue weighted by atomic mass is 35.5. The Morgan fingerprint density at radius 3 is 1.84 bits per heavy atom. The summed E-state index contributed by atoms with van der Waals surface area (Å²) in [6.45, 7) is 1.09. The summed E-state index contributed by atoms with van der Waals surface area (Å²) in [5.74, 6) is 0.0856. The molecular formula is C26H22ClN3O. The van der Waals surface area contributed by atoms with Gasteiger partial charge < -0.3 is 14.9 Å². The van der Waals surface area contributed by atoms with Gasteiger partial charge in [-0.15, -0.1) is 0 Å². The Labute approximate surface area is 185 Å². The highest BCUT2D eigenvalue weighted by Gasteiger charge is 2.18. The van der Waals surface area contributed by atoms with E-state index in [9.17, 15) is 4.79 Å². The van der Waals surface area contributed by atoms with Crippen molar-refractivity contribution < 1.29 is 4.79 Å². The molecule has 0 radical (unpaired) electrons. The van der Waals surface area contributed by atoms with Crippen molar-refractivity contribution in [2.45, 2.75) is 19.5 Å². The number of nitrogens with one attached hydrogen (secondary N) is 2. The molecule has 0 saturated heterocycles. The van der Waals surface area contributed by atoms with E-state index >= 15 is 0 Å². The van der Waals surface area contributed by atoms with Crippen LogP contribution in [0.2, 0.25) is 5.02 Å². The number of fused-ring (bicyclic) bond motifs is 2. The second-order valence-electron chi connectivity index (χ2n) is 7.77. The third-order valence-electron chi connectivity index (χ3n) is 5.71. The molecular weight excluding hydrogens is 406 g/mol. The summed E-state index contributed by atoms with van der Waals surface area (Å²) in [6, 6.07) is 24.0. The summed E-state index contributed by atoms with van der Waals surface area (Å²) in [5, 5.41) is 2.96. The first-order valence-corrected chi connectivity index (χ1v) is 10.7. The number of benzene rings is 3. The van der Waals surface area contributed by atoms with Crippen LogP contribution < -0.4 is 0 Å². The SMILES string of the molecule is O=C(Cc1ccc(Cl)cc1)N(Cc1cccc2[nH]ccc12)Cc1cccc2[nH]ccc12. The molecule has 0 fully saturated rings. The average Bonchev–Trinajstić information content (AvgIpc) is 3.45. The highest BCUT2D eigenvalue weighted by Crippen LogP contribution is 2.24. The van der Waals surface area contributed by atoms with E-state index in [1.54, 1.807) is 0 Å². The minimum Gasteiger partial charge on any atom is -0.361 e. The van der Waals surface area contributed by atoms with Crippen molar-refractivity contribution in [3.8, 4) is 0 Å². The van der Waals surface area contributed by atoms with E-state index in [1.165, 1.54) is 0 Å². The van der Waals surface area contributed by atoms with Crippen LogP contribution in [0.25, 0.3) is 21.8 Å². The van der Waals surface area contributed by atoms with Crippen LogP contribution in [0.4, 0.5) is 0 Å². The predicted octanol–water partition coefficient (Wildman–Crippen LogP) is 6.07. The third kappa shape index (κ3) is 4.07. The summed E-state index contributed by atoms with van der Waals surface area (Å²) in [7, 11) is 0. The van der Waals surface area contributed by atoms with Crippen molar-refractivity contribution >= 4 is 39.3 Å². The van der Waals surface area contributed by atoms with Gasteiger partial charge >= 0.3 is 0 Å². The summed E-state index contributed by atoms with van der Waals surface area (Å²) < 4.78 is 0. The molecule has 0 aliphatic carbocycles. The first-order chi connectivity index (χ1) is 15.2. The minimum atomic E-state index is 0.0856. The van der Waals surface area contributed by atoms with Crippen LogP contribution in [0.3, 0.4) is 0 Å². The maximum Gasteiger partial charge on any atom is 0.227 e. The Hall–Kier alpha value is -3.50. The zero-order valence-electron chi connectivity index (χ0n) is 16.9. The molecule has 154 valence electrons. The first kappa shape index (κ1) is 19.5. The van der Waals surface area contributed by atoms with Gasteiger partial charge in [0.2, 0.25) is 5.91 Å². The quantitative estimate of drug-likeness (QED) is 0.339. The number of halogens is 1. The van der Waals surface area contributed by atoms with Gasteiger partial charge in [-0.2, -0.15) is 0 Å². The molecule has 3 aromatic carbocycles. The second kappa shape index (κ2) is 8.32. The Morgan fingerprint density at radius 2 is 1.29 bits per heavy atom. The number of nitrogens with zero attached hydrogens (tertiary/aromatic N) is 1. The van der Waals surface area contributed by atoms with Gasteiger partial charge in [0, 0.05) is 52.3 Å². The molecule has 1 amide bonds. The van der Waals surface area contributed by atoms with E-state index in [0.29, 0.717) is 24.5 Å². The average molecular weight is 428 g/mol. The number of amides is 1. The van der Waals surface area contributed by atoms with E-state index in [4.69, 9.17) is 11.6 Å². The van der Waals surface area contributed by atoms with E-state index < -0.39 is 0 Å². The molecule has 31 heavy (non-hydrogen) atoms. The minimum absolute atomic E-state index is 0.0856. The van der Waals surface area contributed by atoms with Crippen molar-refractivity contribution in [1.82, 2.24) is 14.9 Å². The monoisotopic (exact) mass is 427 g/mol. The molecule has 2 aromatic heterocycles. The number of carbonyl (C=O) groups is 1. The molecule has 2 N–H and O–H groups in total. The lowest BCUT2D eigenvalue weighted by Crippen LogP contribution is -2.31. The third-order valence-corrected chi connectivity index (χ3v) is 5.97. The number of hydrogen-bond donors (Lipinski definition) is 2. The van der Waals surface area contributed by atoms with Crippen LogP contribution in [0, 0.1) is 0 Å². The van der Waals surface area contributed by atoms with Crippen molar-refractivity contribution in [3.63, 3.8) is 0 Å². The normalized spacial score (nSPS) is 11.3. The van der Waals surface area contributed by atoms with Gasteiger partial charge in [0.1, 0.15) is 0 Å². The number of rotatable bonds is 6. The molecule has 0 aliphatic rings. The largest absolute Gasteiger partial charge is 0.361 e. The Bertz CT molecular complexity index is 1270. The molecule has 5 rings (SSSR count). The van der Waals surface area contributed by atoms with Crippen LogP contribution in [-0.2, 0) is 24.3 Å². The van der Waals surface area contributed by atoms with E-state index in [2.05, 4.69) is 46.4 Å². The fourth-order valence-corrected chi connectivity index (χ4v) is 4.23. The van der Waals surface area contributed by atoms with Crippen LogP contribution >= 0.6 is 11.6 Å². The van der Waals surface area contributed by atoms with Crippen LogP contribution in [0.1, 0.15) is 16.7 Å². The lowest BCUT2D eigenvalue weighted by Gasteiger charge is -2.24. The summed E-state index contributed by atoms with van der Waals surface area (Å²) in [6.07, 6.45) is 4.21. The van der Waals surface area contributed by atoms with Gasteiger partial charge in [-0.3, -0.25) is 4.79 Å². The molecule has 0 aliphatic heterocycles. The lowest BCUT2D eigenvalue weighted by atomic mass is 10.1. The van der Waals surface area contributed by atoms with E-state index in [-0.39, 0.29) is 5.91 Å². The molecule has 5 heteroatoms.